The van der Waals surface area contributed by atoms with Crippen molar-refractivity contribution >= 4 is 5.97 Å². The summed E-state index contributed by atoms with van der Waals surface area (Å²) in [4.78, 5) is 14.8. The summed E-state index contributed by atoms with van der Waals surface area (Å²) in [6.45, 7) is 4.79. The van der Waals surface area contributed by atoms with Gasteiger partial charge in [-0.05, 0) is 19.1 Å². The molecule has 0 bridgehead atoms. The lowest BCUT2D eigenvalue weighted by Gasteiger charge is -2.37. The Morgan fingerprint density at radius 1 is 1.38 bits per heavy atom. The summed E-state index contributed by atoms with van der Waals surface area (Å²) in [5.41, 5.74) is 0.562. The number of rotatable bonds is 5. The van der Waals surface area contributed by atoms with E-state index in [2.05, 4.69) is 4.90 Å². The van der Waals surface area contributed by atoms with Gasteiger partial charge in [0, 0.05) is 37.8 Å². The molecule has 1 heterocycles. The number of benzene rings is 1. The molecule has 116 valence electrons. The molecular formula is C15H21FN2O3. The van der Waals surface area contributed by atoms with Gasteiger partial charge in [0.1, 0.15) is 11.6 Å². The van der Waals surface area contributed by atoms with Gasteiger partial charge in [0.15, 0.2) is 0 Å². The van der Waals surface area contributed by atoms with Crippen molar-refractivity contribution in [2.24, 2.45) is 0 Å². The zero-order valence-electron chi connectivity index (χ0n) is 12.4. The maximum atomic E-state index is 14.1. The largest absolute Gasteiger partial charge is 0.496 e. The summed E-state index contributed by atoms with van der Waals surface area (Å²) in [7, 11) is 1.54. The predicted octanol–water partition coefficient (Wildman–Crippen LogP) is 1.60. The molecule has 6 heteroatoms. The molecule has 1 fully saturated rings. The van der Waals surface area contributed by atoms with Gasteiger partial charge >= 0.3 is 5.97 Å². The van der Waals surface area contributed by atoms with E-state index in [9.17, 15) is 9.18 Å². The number of methoxy groups -OCH3 is 1. The third kappa shape index (κ3) is 3.71. The van der Waals surface area contributed by atoms with Gasteiger partial charge in [-0.15, -0.1) is 0 Å². The molecule has 0 saturated carbocycles. The first-order valence-corrected chi connectivity index (χ1v) is 7.03. The van der Waals surface area contributed by atoms with E-state index in [1.54, 1.807) is 12.1 Å². The highest BCUT2D eigenvalue weighted by Crippen LogP contribution is 2.31. The second-order valence-corrected chi connectivity index (χ2v) is 5.24. The summed E-state index contributed by atoms with van der Waals surface area (Å²) < 4.78 is 19.4. The highest BCUT2D eigenvalue weighted by molar-refractivity contribution is 5.69. The Labute approximate surface area is 123 Å². The van der Waals surface area contributed by atoms with Crippen molar-refractivity contribution in [2.45, 2.75) is 13.0 Å². The van der Waals surface area contributed by atoms with Gasteiger partial charge < -0.3 is 9.84 Å². The number of hydrogen-bond donors (Lipinski definition) is 1. The van der Waals surface area contributed by atoms with Crippen LogP contribution >= 0.6 is 0 Å². The van der Waals surface area contributed by atoms with Crippen LogP contribution in [0.15, 0.2) is 18.2 Å². The molecular weight excluding hydrogens is 275 g/mol. The Kier molecular flexibility index (Phi) is 5.14. The van der Waals surface area contributed by atoms with E-state index in [4.69, 9.17) is 9.84 Å². The van der Waals surface area contributed by atoms with Gasteiger partial charge in [0.25, 0.3) is 0 Å². The van der Waals surface area contributed by atoms with Crippen LogP contribution in [0.1, 0.15) is 18.5 Å². The SMILES string of the molecule is COc1cccc(F)c1C(C)N1CCN(CC(=O)O)CC1. The first kappa shape index (κ1) is 15.7. The minimum atomic E-state index is -0.813. The maximum Gasteiger partial charge on any atom is 0.317 e. The molecule has 0 radical (unpaired) electrons. The third-order valence-electron chi connectivity index (χ3n) is 3.96. The molecule has 5 nitrogen and oxygen atoms in total. The number of halogens is 1. The van der Waals surface area contributed by atoms with Crippen molar-refractivity contribution in [3.63, 3.8) is 0 Å². The van der Waals surface area contributed by atoms with Gasteiger partial charge in [-0.25, -0.2) is 4.39 Å². The molecule has 21 heavy (non-hydrogen) atoms. The van der Waals surface area contributed by atoms with Crippen LogP contribution < -0.4 is 4.74 Å². The molecule has 1 aliphatic rings. The topological polar surface area (TPSA) is 53.0 Å². The fourth-order valence-corrected chi connectivity index (χ4v) is 2.78. The molecule has 0 aliphatic carbocycles. The summed E-state index contributed by atoms with van der Waals surface area (Å²) in [6.07, 6.45) is 0. The quantitative estimate of drug-likeness (QED) is 0.894. The van der Waals surface area contributed by atoms with E-state index in [0.29, 0.717) is 37.5 Å². The number of carboxylic acids is 1. The van der Waals surface area contributed by atoms with E-state index in [1.807, 2.05) is 11.8 Å². The number of ether oxygens (including phenoxy) is 1. The highest BCUT2D eigenvalue weighted by atomic mass is 19.1. The molecule has 0 spiro atoms. The van der Waals surface area contributed by atoms with Crippen LogP contribution in [0.25, 0.3) is 0 Å². The van der Waals surface area contributed by atoms with Gasteiger partial charge in [0.05, 0.1) is 13.7 Å². The van der Waals surface area contributed by atoms with Crippen LogP contribution in [0.2, 0.25) is 0 Å². The normalized spacial score (nSPS) is 18.4. The van der Waals surface area contributed by atoms with Crippen molar-refractivity contribution in [3.05, 3.63) is 29.6 Å². The van der Waals surface area contributed by atoms with Gasteiger partial charge in [-0.1, -0.05) is 6.07 Å². The number of nitrogens with zero attached hydrogens (tertiary/aromatic N) is 2. The Bertz CT molecular complexity index is 502. The Morgan fingerprint density at radius 3 is 2.62 bits per heavy atom. The zero-order valence-corrected chi connectivity index (χ0v) is 12.4. The first-order valence-electron chi connectivity index (χ1n) is 7.03. The number of carbonyl (C=O) groups is 1. The molecule has 0 aromatic heterocycles. The molecule has 1 unspecified atom stereocenters. The minimum absolute atomic E-state index is 0.0608. The van der Waals surface area contributed by atoms with Crippen LogP contribution in [0.3, 0.4) is 0 Å². The molecule has 1 aliphatic heterocycles. The molecule has 1 aromatic rings. The van der Waals surface area contributed by atoms with E-state index < -0.39 is 5.97 Å². The number of aliphatic carboxylic acids is 1. The molecule has 1 atom stereocenters. The van der Waals surface area contributed by atoms with Crippen LogP contribution in [0.4, 0.5) is 4.39 Å². The molecule has 1 aromatic carbocycles. The van der Waals surface area contributed by atoms with Gasteiger partial charge in [-0.2, -0.15) is 0 Å². The third-order valence-corrected chi connectivity index (χ3v) is 3.96. The number of carboxylic acid groups (broad SMARTS) is 1. The number of piperazine rings is 1. The summed E-state index contributed by atoms with van der Waals surface area (Å²) in [5, 5.41) is 8.80. The second-order valence-electron chi connectivity index (χ2n) is 5.24. The van der Waals surface area contributed by atoms with E-state index in [0.717, 1.165) is 0 Å². The van der Waals surface area contributed by atoms with Crippen LogP contribution in [-0.4, -0.2) is 60.7 Å². The lowest BCUT2D eigenvalue weighted by Crippen LogP contribution is -2.48. The van der Waals surface area contributed by atoms with Gasteiger partial charge in [-0.3, -0.25) is 14.6 Å². The Balaban J connectivity index is 2.05. The fraction of sp³-hybridized carbons (Fsp3) is 0.533. The summed E-state index contributed by atoms with van der Waals surface area (Å²) in [6, 6.07) is 4.73. The lowest BCUT2D eigenvalue weighted by molar-refractivity contribution is -0.138. The van der Waals surface area contributed by atoms with E-state index in [-0.39, 0.29) is 18.4 Å². The van der Waals surface area contributed by atoms with Crippen molar-refractivity contribution in [1.29, 1.82) is 0 Å². The Hall–Kier alpha value is -1.66. The maximum absolute atomic E-state index is 14.1. The average molecular weight is 296 g/mol. The summed E-state index contributed by atoms with van der Waals surface area (Å²) in [5.74, 6) is -0.530. The first-order chi connectivity index (χ1) is 10.0. The van der Waals surface area contributed by atoms with Crippen molar-refractivity contribution in [3.8, 4) is 5.75 Å². The highest BCUT2D eigenvalue weighted by Gasteiger charge is 2.26. The van der Waals surface area contributed by atoms with Crippen LogP contribution in [0.5, 0.6) is 5.75 Å². The van der Waals surface area contributed by atoms with Crippen molar-refractivity contribution < 1.29 is 19.0 Å². The fourth-order valence-electron chi connectivity index (χ4n) is 2.78. The standard InChI is InChI=1S/C15H21FN2O3/c1-11(15-12(16)4-3-5-13(15)21-2)18-8-6-17(7-9-18)10-14(19)20/h3-5,11H,6-10H2,1-2H3,(H,19,20). The molecule has 1 saturated heterocycles. The van der Waals surface area contributed by atoms with Gasteiger partial charge in [0.2, 0.25) is 0 Å². The zero-order chi connectivity index (χ0) is 15.4. The Morgan fingerprint density at radius 2 is 2.05 bits per heavy atom. The van der Waals surface area contributed by atoms with E-state index >= 15 is 0 Å². The second kappa shape index (κ2) is 6.87. The minimum Gasteiger partial charge on any atom is -0.496 e. The smallest absolute Gasteiger partial charge is 0.317 e. The van der Waals surface area contributed by atoms with Crippen LogP contribution in [-0.2, 0) is 4.79 Å². The van der Waals surface area contributed by atoms with Crippen molar-refractivity contribution in [1.82, 2.24) is 9.80 Å². The van der Waals surface area contributed by atoms with Crippen molar-refractivity contribution in [2.75, 3.05) is 39.8 Å². The molecule has 0 amide bonds. The number of hydrogen-bond acceptors (Lipinski definition) is 4. The lowest BCUT2D eigenvalue weighted by atomic mass is 10.0. The average Bonchev–Trinajstić information content (AvgIpc) is 2.46. The molecule has 1 N–H and O–H groups in total. The van der Waals surface area contributed by atoms with Crippen LogP contribution in [0, 0.1) is 5.82 Å². The monoisotopic (exact) mass is 296 g/mol. The van der Waals surface area contributed by atoms with E-state index in [1.165, 1.54) is 13.2 Å². The molecule has 2 rings (SSSR count). The predicted molar refractivity (Wildman–Crippen MR) is 77.0 cm³/mol. The summed E-state index contributed by atoms with van der Waals surface area (Å²) >= 11 is 0.